The van der Waals surface area contributed by atoms with Gasteiger partial charge in [0, 0.05) is 6.04 Å². The molecule has 0 aliphatic rings. The molecule has 1 aromatic rings. The van der Waals surface area contributed by atoms with Gasteiger partial charge >= 0.3 is 0 Å². The highest BCUT2D eigenvalue weighted by Gasteiger charge is 2.08. The van der Waals surface area contributed by atoms with Crippen molar-refractivity contribution in [1.82, 2.24) is 0 Å². The zero-order valence-electron chi connectivity index (χ0n) is 8.47. The smallest absolute Gasteiger partial charge is 0.142 e. The van der Waals surface area contributed by atoms with E-state index in [9.17, 15) is 4.39 Å². The van der Waals surface area contributed by atoms with Crippen molar-refractivity contribution < 1.29 is 4.39 Å². The van der Waals surface area contributed by atoms with Crippen molar-refractivity contribution in [3.05, 3.63) is 46.8 Å². The summed E-state index contributed by atoms with van der Waals surface area (Å²) in [7, 11) is 0. The van der Waals surface area contributed by atoms with E-state index < -0.39 is 5.82 Å². The van der Waals surface area contributed by atoms with Gasteiger partial charge in [0.2, 0.25) is 0 Å². The van der Waals surface area contributed by atoms with Gasteiger partial charge < -0.3 is 5.73 Å². The third kappa shape index (κ3) is 4.20. The predicted octanol–water partition coefficient (Wildman–Crippen LogP) is 3.87. The van der Waals surface area contributed by atoms with Crippen molar-refractivity contribution >= 4 is 24.0 Å². The van der Waals surface area contributed by atoms with Crippen LogP contribution in [0.5, 0.6) is 0 Å². The molecule has 0 radical (unpaired) electrons. The van der Waals surface area contributed by atoms with Crippen LogP contribution in [0.4, 0.5) is 4.39 Å². The summed E-state index contributed by atoms with van der Waals surface area (Å²) in [4.78, 5) is 0. The first kappa shape index (κ1) is 14.4. The summed E-state index contributed by atoms with van der Waals surface area (Å²) in [6.07, 6.45) is 0.654. The molecule has 0 fully saturated rings. The molecule has 1 atom stereocenters. The molecule has 0 saturated carbocycles. The Morgan fingerprint density at radius 1 is 1.60 bits per heavy atom. The Morgan fingerprint density at radius 2 is 2.20 bits per heavy atom. The van der Waals surface area contributed by atoms with Gasteiger partial charge in [-0.3, -0.25) is 0 Å². The summed E-state index contributed by atoms with van der Waals surface area (Å²) in [5.74, 6) is -0.429. The van der Waals surface area contributed by atoms with Crippen LogP contribution in [0.25, 0.3) is 0 Å². The lowest BCUT2D eigenvalue weighted by atomic mass is 10.0. The molecule has 0 aromatic heterocycles. The summed E-state index contributed by atoms with van der Waals surface area (Å²) in [6.45, 7) is 5.66. The van der Waals surface area contributed by atoms with Crippen LogP contribution in [-0.4, -0.2) is 0 Å². The molecule has 0 heterocycles. The van der Waals surface area contributed by atoms with Crippen LogP contribution in [0, 0.1) is 5.82 Å². The van der Waals surface area contributed by atoms with Crippen LogP contribution < -0.4 is 5.73 Å². The van der Waals surface area contributed by atoms with Gasteiger partial charge in [0.1, 0.15) is 5.82 Å². The number of nitrogens with two attached hydrogens (primary N) is 1. The fourth-order valence-electron chi connectivity index (χ4n) is 1.24. The largest absolute Gasteiger partial charge is 0.324 e. The number of benzene rings is 1. The van der Waals surface area contributed by atoms with Crippen molar-refractivity contribution in [2.45, 2.75) is 19.4 Å². The number of rotatable bonds is 3. The van der Waals surface area contributed by atoms with Gasteiger partial charge in [-0.05, 0) is 31.0 Å². The lowest BCUT2D eigenvalue weighted by Crippen LogP contribution is -2.10. The van der Waals surface area contributed by atoms with Gasteiger partial charge in [-0.1, -0.05) is 23.2 Å². The Balaban J connectivity index is 0.00000196. The highest BCUT2D eigenvalue weighted by molar-refractivity contribution is 6.30. The number of halogens is 3. The zero-order valence-corrected chi connectivity index (χ0v) is 10.0. The van der Waals surface area contributed by atoms with Crippen LogP contribution in [0.3, 0.4) is 0 Å². The topological polar surface area (TPSA) is 26.0 Å². The Morgan fingerprint density at radius 3 is 2.67 bits per heavy atom. The Kier molecular flexibility index (Phi) is 5.88. The van der Waals surface area contributed by atoms with E-state index in [2.05, 4.69) is 6.58 Å². The molecular weight excluding hydrogens is 236 g/mol. The average molecular weight is 250 g/mol. The van der Waals surface area contributed by atoms with Crippen LogP contribution in [0.2, 0.25) is 5.02 Å². The van der Waals surface area contributed by atoms with Crippen LogP contribution in [0.15, 0.2) is 30.4 Å². The normalized spacial score (nSPS) is 11.7. The van der Waals surface area contributed by atoms with Gasteiger partial charge in [0.15, 0.2) is 0 Å². The minimum absolute atomic E-state index is 0. The van der Waals surface area contributed by atoms with Gasteiger partial charge in [0.25, 0.3) is 0 Å². The molecule has 84 valence electrons. The lowest BCUT2D eigenvalue weighted by Gasteiger charge is -2.11. The molecule has 1 rings (SSSR count). The Hall–Kier alpha value is -0.570. The molecule has 15 heavy (non-hydrogen) atoms. The number of hydrogen-bond donors (Lipinski definition) is 1. The standard InChI is InChI=1S/C11H13ClFN.ClH/c1-7(2)5-11(14)8-3-4-9(12)10(13)6-8;/h3-4,6,11H,1,5,14H2,2H3;1H/t11-;/m1./s1. The van der Waals surface area contributed by atoms with Gasteiger partial charge in [-0.15, -0.1) is 19.0 Å². The molecular formula is C11H14Cl2FN. The summed E-state index contributed by atoms with van der Waals surface area (Å²) in [6, 6.07) is 4.42. The molecule has 0 unspecified atom stereocenters. The molecule has 0 saturated heterocycles. The monoisotopic (exact) mass is 249 g/mol. The summed E-state index contributed by atoms with van der Waals surface area (Å²) in [5.41, 5.74) is 7.57. The van der Waals surface area contributed by atoms with Crippen molar-refractivity contribution in [2.24, 2.45) is 5.73 Å². The maximum atomic E-state index is 13.1. The van der Waals surface area contributed by atoms with Crippen molar-refractivity contribution in [3.8, 4) is 0 Å². The van der Waals surface area contributed by atoms with Gasteiger partial charge in [-0.2, -0.15) is 0 Å². The first-order chi connectivity index (χ1) is 6.50. The second-order valence-corrected chi connectivity index (χ2v) is 3.85. The van der Waals surface area contributed by atoms with E-state index in [4.69, 9.17) is 17.3 Å². The van der Waals surface area contributed by atoms with Crippen LogP contribution in [0.1, 0.15) is 24.9 Å². The van der Waals surface area contributed by atoms with Crippen molar-refractivity contribution in [3.63, 3.8) is 0 Å². The maximum absolute atomic E-state index is 13.1. The molecule has 4 heteroatoms. The second-order valence-electron chi connectivity index (χ2n) is 3.44. The molecule has 2 N–H and O–H groups in total. The first-order valence-corrected chi connectivity index (χ1v) is 4.73. The minimum Gasteiger partial charge on any atom is -0.324 e. The zero-order chi connectivity index (χ0) is 10.7. The molecule has 0 aliphatic carbocycles. The highest BCUT2D eigenvalue weighted by Crippen LogP contribution is 2.22. The van der Waals surface area contributed by atoms with E-state index in [1.807, 2.05) is 6.92 Å². The van der Waals surface area contributed by atoms with E-state index in [1.165, 1.54) is 12.1 Å². The fraction of sp³-hybridized carbons (Fsp3) is 0.273. The second kappa shape index (κ2) is 6.11. The van der Waals surface area contributed by atoms with E-state index in [-0.39, 0.29) is 23.5 Å². The van der Waals surface area contributed by atoms with E-state index >= 15 is 0 Å². The fourth-order valence-corrected chi connectivity index (χ4v) is 1.35. The van der Waals surface area contributed by atoms with E-state index in [0.717, 1.165) is 11.1 Å². The molecule has 1 aromatic carbocycles. The Labute approximate surface area is 101 Å². The quantitative estimate of drug-likeness (QED) is 0.809. The number of hydrogen-bond acceptors (Lipinski definition) is 1. The minimum atomic E-state index is -0.429. The summed E-state index contributed by atoms with van der Waals surface area (Å²) in [5, 5.41) is 0.122. The SMILES string of the molecule is C=C(C)C[C@@H](N)c1ccc(Cl)c(F)c1.Cl. The average Bonchev–Trinajstić information content (AvgIpc) is 2.08. The molecule has 1 nitrogen and oxygen atoms in total. The maximum Gasteiger partial charge on any atom is 0.142 e. The highest BCUT2D eigenvalue weighted by atomic mass is 35.5. The van der Waals surface area contributed by atoms with Crippen LogP contribution >= 0.6 is 24.0 Å². The van der Waals surface area contributed by atoms with E-state index in [0.29, 0.717) is 6.42 Å². The van der Waals surface area contributed by atoms with Crippen molar-refractivity contribution in [1.29, 1.82) is 0 Å². The molecule has 0 aliphatic heterocycles. The molecule has 0 amide bonds. The molecule has 0 spiro atoms. The first-order valence-electron chi connectivity index (χ1n) is 4.35. The van der Waals surface area contributed by atoms with Crippen LogP contribution in [-0.2, 0) is 0 Å². The van der Waals surface area contributed by atoms with E-state index in [1.54, 1.807) is 6.07 Å². The van der Waals surface area contributed by atoms with Gasteiger partial charge in [0.05, 0.1) is 5.02 Å². The third-order valence-electron chi connectivity index (χ3n) is 1.94. The Bertz CT molecular complexity index is 352. The molecule has 0 bridgehead atoms. The lowest BCUT2D eigenvalue weighted by molar-refractivity contribution is 0.618. The third-order valence-corrected chi connectivity index (χ3v) is 2.25. The summed E-state index contributed by atoms with van der Waals surface area (Å²) < 4.78 is 13.1. The van der Waals surface area contributed by atoms with Crippen molar-refractivity contribution in [2.75, 3.05) is 0 Å². The predicted molar refractivity (Wildman–Crippen MR) is 65.0 cm³/mol. The summed E-state index contributed by atoms with van der Waals surface area (Å²) >= 11 is 5.56. The van der Waals surface area contributed by atoms with Gasteiger partial charge in [-0.25, -0.2) is 4.39 Å².